The summed E-state index contributed by atoms with van der Waals surface area (Å²) in [4.78, 5) is 20.1. The van der Waals surface area contributed by atoms with Gasteiger partial charge in [-0.1, -0.05) is 42.0 Å². The summed E-state index contributed by atoms with van der Waals surface area (Å²) < 4.78 is 142. The monoisotopic (exact) mass is 964 g/mol. The molecule has 0 saturated carbocycles. The van der Waals surface area contributed by atoms with Gasteiger partial charge in [0.2, 0.25) is 0 Å². The number of H-pyrrole nitrogens is 1. The van der Waals surface area contributed by atoms with Gasteiger partial charge in [-0.2, -0.15) is 26.3 Å². The molecule has 0 aliphatic carbocycles. The number of benzene rings is 4. The average molecular weight is 965 g/mol. The third-order valence-corrected chi connectivity index (χ3v) is 9.95. The van der Waals surface area contributed by atoms with Gasteiger partial charge in [0.05, 0.1) is 57.6 Å². The Morgan fingerprint density at radius 1 is 0.574 bits per heavy atom. The zero-order valence-electron chi connectivity index (χ0n) is 33.7. The minimum Gasteiger partial charge on any atom is -0.359 e. The van der Waals surface area contributed by atoms with Gasteiger partial charge >= 0.3 is 12.4 Å². The largest absolute Gasteiger partial charge is 0.416 e. The number of nitrogens with zero attached hydrogens (tertiary/aromatic N) is 7. The fourth-order valence-electron chi connectivity index (χ4n) is 6.45. The maximum atomic E-state index is 14.2. The highest BCUT2D eigenvalue weighted by Crippen LogP contribution is 2.35. The summed E-state index contributed by atoms with van der Waals surface area (Å²) in [5.41, 5.74) is 1.35. The van der Waals surface area contributed by atoms with E-state index >= 15 is 0 Å². The normalized spacial score (nSPS) is 11.5. The number of imidazole rings is 2. The van der Waals surface area contributed by atoms with Crippen molar-refractivity contribution in [2.24, 2.45) is 0 Å². The molecule has 0 radical (unpaired) electrons. The minimum atomic E-state index is -4.64. The van der Waals surface area contributed by atoms with Gasteiger partial charge in [0.25, 0.3) is 0 Å². The highest BCUT2D eigenvalue weighted by molar-refractivity contribution is 6.16. The molecule has 348 valence electrons. The first kappa shape index (κ1) is 48.1. The lowest BCUT2D eigenvalue weighted by Gasteiger charge is -2.07. The molecule has 0 atom stereocenters. The summed E-state index contributed by atoms with van der Waals surface area (Å²) in [5.74, 6) is -1.27. The maximum absolute atomic E-state index is 14.2. The highest BCUT2D eigenvalue weighted by Gasteiger charge is 2.32. The zero-order chi connectivity index (χ0) is 47.5. The van der Waals surface area contributed by atoms with Crippen LogP contribution in [0.15, 0.2) is 143 Å². The Kier molecular flexibility index (Phi) is 14.1. The second-order valence-corrected chi connectivity index (χ2v) is 14.5. The second kappa shape index (κ2) is 19.9. The van der Waals surface area contributed by atoms with Crippen LogP contribution in [0, 0.1) is 23.3 Å². The van der Waals surface area contributed by atoms with E-state index in [1.807, 2.05) is 0 Å². The van der Waals surface area contributed by atoms with Gasteiger partial charge in [-0.3, -0.25) is 4.98 Å². The lowest BCUT2D eigenvalue weighted by Crippen LogP contribution is -2.05. The Labute approximate surface area is 383 Å². The number of alkyl halides is 7. The van der Waals surface area contributed by atoms with Crippen molar-refractivity contribution in [3.63, 3.8) is 0 Å². The summed E-state index contributed by atoms with van der Waals surface area (Å²) in [6, 6.07) is 23.5. The number of pyridine rings is 2. The topological polar surface area (TPSA) is 124 Å². The summed E-state index contributed by atoms with van der Waals surface area (Å²) in [6.45, 7) is 0.201. The molecule has 6 heterocycles. The van der Waals surface area contributed by atoms with Crippen LogP contribution < -0.4 is 0 Å². The van der Waals surface area contributed by atoms with Crippen LogP contribution in [-0.2, 0) is 24.8 Å². The van der Waals surface area contributed by atoms with Crippen LogP contribution in [0.25, 0.3) is 67.7 Å². The summed E-state index contributed by atoms with van der Waals surface area (Å²) in [6.07, 6.45) is -2.48. The van der Waals surface area contributed by atoms with Crippen molar-refractivity contribution in [1.82, 2.24) is 39.8 Å². The molecule has 0 unspecified atom stereocenters. The molecule has 4 aromatic carbocycles. The van der Waals surface area contributed by atoms with E-state index in [-0.39, 0.29) is 54.0 Å². The van der Waals surface area contributed by atoms with E-state index in [9.17, 15) is 43.9 Å². The second-order valence-electron chi connectivity index (χ2n) is 14.2. The van der Waals surface area contributed by atoms with Crippen LogP contribution in [-0.4, -0.2) is 39.8 Å². The van der Waals surface area contributed by atoms with Gasteiger partial charge < -0.3 is 18.6 Å². The lowest BCUT2D eigenvalue weighted by molar-refractivity contribution is -0.138. The number of hydrogen-bond donors (Lipinski definition) is 1. The maximum Gasteiger partial charge on any atom is 0.416 e. The van der Waals surface area contributed by atoms with Crippen LogP contribution in [0.3, 0.4) is 0 Å². The fraction of sp³-hybridized carbons (Fsp3) is 0.106. The third-order valence-electron chi connectivity index (χ3n) is 9.69. The molecular formula is C47H31ClF10N8O2. The highest BCUT2D eigenvalue weighted by atomic mass is 35.5. The van der Waals surface area contributed by atoms with Gasteiger partial charge in [0.15, 0.2) is 17.3 Å². The van der Waals surface area contributed by atoms with Crippen molar-refractivity contribution < 1.29 is 53.0 Å². The first-order valence-electron chi connectivity index (χ1n) is 19.4. The van der Waals surface area contributed by atoms with E-state index in [0.717, 1.165) is 35.3 Å². The van der Waals surface area contributed by atoms with Gasteiger partial charge in [0, 0.05) is 41.9 Å². The first-order chi connectivity index (χ1) is 32.0. The van der Waals surface area contributed by atoms with E-state index < -0.39 is 40.9 Å². The van der Waals surface area contributed by atoms with Gasteiger partial charge in [0.1, 0.15) is 46.2 Å². The Morgan fingerprint density at radius 2 is 1.13 bits per heavy atom. The number of rotatable bonds is 7. The Balaban J connectivity index is 0.000000165. The van der Waals surface area contributed by atoms with E-state index in [4.69, 9.17) is 20.6 Å². The zero-order valence-corrected chi connectivity index (χ0v) is 34.5. The van der Waals surface area contributed by atoms with Crippen molar-refractivity contribution in [2.75, 3.05) is 0 Å². The van der Waals surface area contributed by atoms with Crippen molar-refractivity contribution in [3.05, 3.63) is 180 Å². The molecule has 8 aromatic rings. The number of halogens is 11. The number of aromatic nitrogens is 8. The molecule has 68 heavy (non-hydrogen) atoms. The van der Waals surface area contributed by atoms with Crippen molar-refractivity contribution in [3.8, 4) is 56.7 Å². The molecule has 0 spiro atoms. The van der Waals surface area contributed by atoms with Crippen molar-refractivity contribution in [1.29, 1.82) is 0 Å². The van der Waals surface area contributed by atoms with Crippen molar-refractivity contribution in [2.45, 2.75) is 32.2 Å². The van der Waals surface area contributed by atoms with E-state index in [2.05, 4.69) is 35.2 Å². The molecule has 2 aliphatic rings. The molecule has 0 saturated heterocycles. The Bertz CT molecular complexity index is 3260. The van der Waals surface area contributed by atoms with E-state index in [1.54, 1.807) is 77.9 Å². The number of nitrogens with one attached hydrogen (secondary N) is 1. The molecule has 0 fully saturated rings. The number of fused-ring (bicyclic) bond motifs is 2. The summed E-state index contributed by atoms with van der Waals surface area (Å²) >= 11 is 5.48. The van der Waals surface area contributed by atoms with Crippen molar-refractivity contribution >= 4 is 22.6 Å². The number of hydrogen-bond acceptors (Lipinski definition) is 8. The first-order valence-corrected chi connectivity index (χ1v) is 19.9. The Hall–Kier alpha value is -7.87. The third kappa shape index (κ3) is 10.9. The molecule has 1 N–H and O–H groups in total. The molecule has 10 rings (SSSR count). The smallest absolute Gasteiger partial charge is 0.359 e. The standard InChI is InChI=1S/C23H13F5N4O.C12H8FN3.C11H6ClF4NO.CH4/c24-17-4-2-1-3-16(17)22-29-19-7-8-32(12-21(19)30-22)11-14-10-20(31-33-14)15-6-5-13(9-18(15)25)23(26,27)28;13-9-4-2-1-3-8(9)12-15-10-5-6-14-7-11(10)16-12;12-5-7-4-10(17-18-7)8-2-1-6(3-9(8)13)11(14,15)16;/h1-10,12H,11H2;1-7H,(H,15,16);1-4H,5H2;1H4. The van der Waals surface area contributed by atoms with E-state index in [0.29, 0.717) is 52.0 Å². The van der Waals surface area contributed by atoms with Gasteiger partial charge in [-0.25, -0.2) is 32.5 Å². The Morgan fingerprint density at radius 3 is 1.68 bits per heavy atom. The van der Waals surface area contributed by atoms with Crippen LogP contribution >= 0.6 is 11.6 Å². The number of aromatic amines is 1. The molecule has 2 aliphatic heterocycles. The van der Waals surface area contributed by atoms with Crippen LogP contribution in [0.2, 0.25) is 0 Å². The lowest BCUT2D eigenvalue weighted by atomic mass is 10.1. The quantitative estimate of drug-likeness (QED) is 0.124. The molecule has 0 amide bonds. The predicted octanol–water partition coefficient (Wildman–Crippen LogP) is 13.7. The fourth-order valence-corrected chi connectivity index (χ4v) is 6.57. The van der Waals surface area contributed by atoms with Gasteiger partial charge in [-0.05, 0) is 72.8 Å². The molecule has 4 aromatic heterocycles. The minimum absolute atomic E-state index is 0. The molecule has 0 bridgehead atoms. The SMILES string of the molecule is C.Fc1cc(C(F)(F)F)ccc1-c1cc(CCl)on1.Fc1cc(C(F)(F)F)ccc1-c1cc(Cn2ccc3nc(-c4ccccc4F)nc-3c2)on1.Fc1ccccc1-c1nc2ccncc2[nH]1. The van der Waals surface area contributed by atoms with Crippen LogP contribution in [0.1, 0.15) is 30.1 Å². The van der Waals surface area contributed by atoms with Gasteiger partial charge in [-0.15, -0.1) is 11.6 Å². The molecular weight excluding hydrogens is 934 g/mol. The summed E-state index contributed by atoms with van der Waals surface area (Å²) in [7, 11) is 0. The molecule has 10 nitrogen and oxygen atoms in total. The van der Waals surface area contributed by atoms with Crippen LogP contribution in [0.5, 0.6) is 0 Å². The summed E-state index contributed by atoms with van der Waals surface area (Å²) in [5, 5.41) is 7.30. The van der Waals surface area contributed by atoms with E-state index in [1.165, 1.54) is 24.3 Å². The predicted molar refractivity (Wildman–Crippen MR) is 231 cm³/mol. The molecule has 21 heteroatoms. The average Bonchev–Trinajstić information content (AvgIpc) is 4.13. The van der Waals surface area contributed by atoms with Crippen LogP contribution in [0.4, 0.5) is 43.9 Å².